The van der Waals surface area contributed by atoms with Crippen molar-refractivity contribution >= 4 is 23.4 Å². The molecule has 0 bridgehead atoms. The zero-order valence-corrected chi connectivity index (χ0v) is 11.7. The third kappa shape index (κ3) is 2.83. The van der Waals surface area contributed by atoms with E-state index in [1.165, 1.54) is 4.90 Å². The summed E-state index contributed by atoms with van der Waals surface area (Å²) >= 11 is 1.74. The standard InChI is InChI=1S/C13H16F2N2OS/c1-13(2)7-17(5-6-19-13)12(18)10-8(14)3-4-9(16)11(10)15/h3-4H,5-7,16H2,1-2H3. The first-order chi connectivity index (χ1) is 8.82. The van der Waals surface area contributed by atoms with Crippen molar-refractivity contribution in [3.05, 3.63) is 29.3 Å². The maximum Gasteiger partial charge on any atom is 0.259 e. The molecular weight excluding hydrogens is 270 g/mol. The van der Waals surface area contributed by atoms with Crippen LogP contribution in [0.4, 0.5) is 14.5 Å². The van der Waals surface area contributed by atoms with Gasteiger partial charge >= 0.3 is 0 Å². The molecule has 1 fully saturated rings. The Balaban J connectivity index is 2.32. The molecule has 1 heterocycles. The zero-order valence-electron chi connectivity index (χ0n) is 10.9. The van der Waals surface area contributed by atoms with Gasteiger partial charge in [0.15, 0.2) is 5.82 Å². The van der Waals surface area contributed by atoms with Gasteiger partial charge in [0.05, 0.1) is 5.69 Å². The summed E-state index contributed by atoms with van der Waals surface area (Å²) < 4.78 is 27.4. The van der Waals surface area contributed by atoms with Crippen LogP contribution in [0.15, 0.2) is 12.1 Å². The largest absolute Gasteiger partial charge is 0.396 e. The topological polar surface area (TPSA) is 46.3 Å². The van der Waals surface area contributed by atoms with Gasteiger partial charge in [-0.05, 0) is 26.0 Å². The average molecular weight is 286 g/mol. The predicted molar refractivity (Wildman–Crippen MR) is 73.2 cm³/mol. The van der Waals surface area contributed by atoms with Crippen LogP contribution in [0.1, 0.15) is 24.2 Å². The summed E-state index contributed by atoms with van der Waals surface area (Å²) in [7, 11) is 0. The van der Waals surface area contributed by atoms with Crippen molar-refractivity contribution in [1.29, 1.82) is 0 Å². The first-order valence-electron chi connectivity index (χ1n) is 5.98. The van der Waals surface area contributed by atoms with Crippen LogP contribution in [-0.4, -0.2) is 34.4 Å². The number of hydrogen-bond donors (Lipinski definition) is 1. The molecule has 1 aliphatic heterocycles. The number of hydrogen-bond acceptors (Lipinski definition) is 3. The summed E-state index contributed by atoms with van der Waals surface area (Å²) in [6.07, 6.45) is 0. The number of carbonyl (C=O) groups is 1. The van der Waals surface area contributed by atoms with E-state index in [1.807, 2.05) is 13.8 Å². The molecule has 3 nitrogen and oxygen atoms in total. The highest BCUT2D eigenvalue weighted by atomic mass is 32.2. The maximum absolute atomic E-state index is 13.8. The maximum atomic E-state index is 13.8. The van der Waals surface area contributed by atoms with Crippen LogP contribution in [0.5, 0.6) is 0 Å². The van der Waals surface area contributed by atoms with E-state index in [0.717, 1.165) is 17.9 Å². The molecule has 1 aliphatic rings. The van der Waals surface area contributed by atoms with Gasteiger partial charge < -0.3 is 10.6 Å². The molecule has 1 saturated heterocycles. The smallest absolute Gasteiger partial charge is 0.259 e. The fourth-order valence-electron chi connectivity index (χ4n) is 2.11. The summed E-state index contributed by atoms with van der Waals surface area (Å²) in [6.45, 7) is 4.96. The summed E-state index contributed by atoms with van der Waals surface area (Å²) in [6, 6.07) is 2.15. The Morgan fingerprint density at radius 2 is 2.11 bits per heavy atom. The third-order valence-electron chi connectivity index (χ3n) is 3.05. The van der Waals surface area contributed by atoms with Crippen LogP contribution in [0.2, 0.25) is 0 Å². The summed E-state index contributed by atoms with van der Waals surface area (Å²) in [5.74, 6) is -1.71. The number of halogens is 2. The monoisotopic (exact) mass is 286 g/mol. The molecule has 1 aromatic rings. The molecular formula is C13H16F2N2OS. The number of nitrogens with zero attached hydrogens (tertiary/aromatic N) is 1. The van der Waals surface area contributed by atoms with Crippen LogP contribution >= 0.6 is 11.8 Å². The second kappa shape index (κ2) is 5.00. The van der Waals surface area contributed by atoms with Gasteiger partial charge in [0.25, 0.3) is 5.91 Å². The van der Waals surface area contributed by atoms with Gasteiger partial charge in [0.1, 0.15) is 11.4 Å². The van der Waals surface area contributed by atoms with Crippen molar-refractivity contribution < 1.29 is 13.6 Å². The highest BCUT2D eigenvalue weighted by molar-refractivity contribution is 8.00. The highest BCUT2D eigenvalue weighted by Gasteiger charge is 2.32. The van der Waals surface area contributed by atoms with Gasteiger partial charge in [-0.3, -0.25) is 4.79 Å². The summed E-state index contributed by atoms with van der Waals surface area (Å²) in [4.78, 5) is 13.7. The number of amides is 1. The minimum absolute atomic E-state index is 0.110. The Bertz CT molecular complexity index is 520. The van der Waals surface area contributed by atoms with E-state index in [4.69, 9.17) is 5.73 Å². The molecule has 6 heteroatoms. The second-order valence-electron chi connectivity index (χ2n) is 5.16. The second-order valence-corrected chi connectivity index (χ2v) is 6.96. The molecule has 2 rings (SSSR count). The number of nitrogens with two attached hydrogens (primary N) is 1. The van der Waals surface area contributed by atoms with Gasteiger partial charge in [-0.2, -0.15) is 11.8 Å². The van der Waals surface area contributed by atoms with Gasteiger partial charge in [0.2, 0.25) is 0 Å². The lowest BCUT2D eigenvalue weighted by Crippen LogP contribution is -2.46. The molecule has 0 atom stereocenters. The predicted octanol–water partition coefficient (Wildman–Crippen LogP) is 2.51. The normalized spacial score (nSPS) is 18.4. The van der Waals surface area contributed by atoms with E-state index in [-0.39, 0.29) is 10.4 Å². The van der Waals surface area contributed by atoms with E-state index in [0.29, 0.717) is 13.1 Å². The fourth-order valence-corrected chi connectivity index (χ4v) is 3.22. The van der Waals surface area contributed by atoms with Crippen LogP contribution in [0.3, 0.4) is 0 Å². The van der Waals surface area contributed by atoms with Crippen molar-refractivity contribution in [2.45, 2.75) is 18.6 Å². The van der Waals surface area contributed by atoms with Crippen molar-refractivity contribution in [3.63, 3.8) is 0 Å². The molecule has 0 radical (unpaired) electrons. The van der Waals surface area contributed by atoms with Crippen LogP contribution in [-0.2, 0) is 0 Å². The van der Waals surface area contributed by atoms with E-state index in [9.17, 15) is 13.6 Å². The van der Waals surface area contributed by atoms with Crippen molar-refractivity contribution in [2.24, 2.45) is 0 Å². The average Bonchev–Trinajstić information content (AvgIpc) is 2.33. The van der Waals surface area contributed by atoms with E-state index < -0.39 is 23.1 Å². The molecule has 1 aromatic carbocycles. The number of nitrogen functional groups attached to an aromatic ring is 1. The third-order valence-corrected chi connectivity index (χ3v) is 4.34. The number of rotatable bonds is 1. The molecule has 0 aliphatic carbocycles. The first-order valence-corrected chi connectivity index (χ1v) is 6.97. The lowest BCUT2D eigenvalue weighted by molar-refractivity contribution is 0.0738. The molecule has 1 amide bonds. The van der Waals surface area contributed by atoms with E-state index in [1.54, 1.807) is 11.8 Å². The first kappa shape index (κ1) is 14.1. The van der Waals surface area contributed by atoms with Gasteiger partial charge in [-0.15, -0.1) is 0 Å². The highest BCUT2D eigenvalue weighted by Crippen LogP contribution is 2.31. The molecule has 0 spiro atoms. The van der Waals surface area contributed by atoms with Crippen molar-refractivity contribution in [2.75, 3.05) is 24.6 Å². The van der Waals surface area contributed by atoms with Gasteiger partial charge in [-0.1, -0.05) is 0 Å². The fraction of sp³-hybridized carbons (Fsp3) is 0.462. The molecule has 0 saturated carbocycles. The number of benzene rings is 1. The van der Waals surface area contributed by atoms with E-state index >= 15 is 0 Å². The summed E-state index contributed by atoms with van der Waals surface area (Å²) in [5.41, 5.74) is 4.63. The lowest BCUT2D eigenvalue weighted by Gasteiger charge is -2.37. The SMILES string of the molecule is CC1(C)CN(C(=O)c2c(F)ccc(N)c2F)CCS1. The minimum Gasteiger partial charge on any atom is -0.396 e. The molecule has 0 aromatic heterocycles. The quantitative estimate of drug-likeness (QED) is 0.807. The molecule has 0 unspecified atom stereocenters. The zero-order chi connectivity index (χ0) is 14.2. The minimum atomic E-state index is -0.971. The Hall–Kier alpha value is -1.30. The molecule has 19 heavy (non-hydrogen) atoms. The Kier molecular flexibility index (Phi) is 3.71. The van der Waals surface area contributed by atoms with Crippen LogP contribution < -0.4 is 5.73 Å². The summed E-state index contributed by atoms with van der Waals surface area (Å²) in [5, 5.41) is 0. The van der Waals surface area contributed by atoms with Crippen LogP contribution in [0.25, 0.3) is 0 Å². The van der Waals surface area contributed by atoms with Crippen molar-refractivity contribution in [1.82, 2.24) is 4.90 Å². The Morgan fingerprint density at radius 3 is 2.74 bits per heavy atom. The Labute approximate surface area is 115 Å². The van der Waals surface area contributed by atoms with Gasteiger partial charge in [-0.25, -0.2) is 8.78 Å². The van der Waals surface area contributed by atoms with Gasteiger partial charge in [0, 0.05) is 23.6 Å². The Morgan fingerprint density at radius 1 is 1.42 bits per heavy atom. The van der Waals surface area contributed by atoms with E-state index in [2.05, 4.69) is 0 Å². The molecule has 104 valence electrons. The van der Waals surface area contributed by atoms with Crippen LogP contribution in [0, 0.1) is 11.6 Å². The number of thioether (sulfide) groups is 1. The van der Waals surface area contributed by atoms with Crippen molar-refractivity contribution in [3.8, 4) is 0 Å². The lowest BCUT2D eigenvalue weighted by atomic mass is 10.1. The molecule has 2 N–H and O–H groups in total. The number of anilines is 1. The number of carbonyl (C=O) groups excluding carboxylic acids is 1.